The topological polar surface area (TPSA) is 0 Å². The molecule has 4 aromatic rings. The lowest BCUT2D eigenvalue weighted by atomic mass is 9.40. The van der Waals surface area contributed by atoms with Crippen molar-refractivity contribution in [1.82, 2.24) is 0 Å². The summed E-state index contributed by atoms with van der Waals surface area (Å²) in [6.07, 6.45) is 0. The van der Waals surface area contributed by atoms with Gasteiger partial charge in [0.25, 0.3) is 6.71 Å². The molecule has 0 atom stereocenters. The van der Waals surface area contributed by atoms with Crippen molar-refractivity contribution in [2.24, 2.45) is 0 Å². The summed E-state index contributed by atoms with van der Waals surface area (Å²) in [6, 6.07) is 19.1. The molecular formula is C29H35BS2Si2. The van der Waals surface area contributed by atoms with Crippen LogP contribution in [0, 0.1) is 20.8 Å². The van der Waals surface area contributed by atoms with Crippen LogP contribution in [-0.2, 0) is 0 Å². The van der Waals surface area contributed by atoms with Crippen molar-refractivity contribution in [3.05, 3.63) is 65.2 Å². The Balaban J connectivity index is 1.93. The first kappa shape index (κ1) is 24.1. The number of fused-ring (bicyclic) bond motifs is 5. The number of rotatable bonds is 3. The van der Waals surface area contributed by atoms with E-state index in [9.17, 15) is 0 Å². The normalized spacial score (nSPS) is 13.4. The molecule has 1 aliphatic rings. The van der Waals surface area contributed by atoms with Gasteiger partial charge in [0.1, 0.15) is 0 Å². The van der Waals surface area contributed by atoms with E-state index in [1.807, 2.05) is 0 Å². The summed E-state index contributed by atoms with van der Waals surface area (Å²) >= 11 is 4.21. The van der Waals surface area contributed by atoms with Crippen molar-refractivity contribution in [2.75, 3.05) is 0 Å². The third-order valence-corrected chi connectivity index (χ3v) is 16.6. The Bertz CT molecular complexity index is 1310. The fraction of sp³-hybridized carbons (Fsp3) is 0.310. The number of thiophene rings is 2. The van der Waals surface area contributed by atoms with Gasteiger partial charge in [0.15, 0.2) is 0 Å². The van der Waals surface area contributed by atoms with Crippen LogP contribution in [0.2, 0.25) is 39.3 Å². The highest BCUT2D eigenvalue weighted by molar-refractivity contribution is 7.42. The quantitative estimate of drug-likeness (QED) is 0.260. The van der Waals surface area contributed by atoms with Gasteiger partial charge in [0.2, 0.25) is 0 Å². The number of hydrogen-bond acceptors (Lipinski definition) is 2. The zero-order valence-corrected chi connectivity index (χ0v) is 25.6. The van der Waals surface area contributed by atoms with Crippen LogP contribution in [0.15, 0.2) is 48.5 Å². The molecular weight excluding hydrogens is 479 g/mol. The van der Waals surface area contributed by atoms with Crippen molar-refractivity contribution >= 4 is 69.6 Å². The van der Waals surface area contributed by atoms with Gasteiger partial charge in [0, 0.05) is 0 Å². The SMILES string of the molecule is Cc1cc(C)c(B2c3sc([Si](C)(C)C)cc3-c3ccccc3-c3cc([Si](C)(C)C)sc32)c(C)c1. The Morgan fingerprint density at radius 3 is 1.38 bits per heavy atom. The highest BCUT2D eigenvalue weighted by atomic mass is 32.1. The average Bonchev–Trinajstić information content (AvgIpc) is 3.33. The minimum atomic E-state index is -1.44. The molecule has 34 heavy (non-hydrogen) atoms. The molecule has 174 valence electrons. The van der Waals surface area contributed by atoms with E-state index in [0.29, 0.717) is 6.71 Å². The maximum Gasteiger partial charge on any atom is 0.268 e. The third-order valence-electron chi connectivity index (χ3n) is 7.06. The molecule has 0 radical (unpaired) electrons. The molecule has 5 rings (SSSR count). The molecule has 0 saturated heterocycles. The monoisotopic (exact) mass is 514 g/mol. The van der Waals surface area contributed by atoms with E-state index in [1.54, 1.807) is 18.6 Å². The lowest BCUT2D eigenvalue weighted by molar-refractivity contribution is 1.35. The van der Waals surface area contributed by atoms with Gasteiger partial charge >= 0.3 is 0 Å². The van der Waals surface area contributed by atoms with Crippen LogP contribution in [0.1, 0.15) is 16.7 Å². The predicted octanol–water partition coefficient (Wildman–Crippen LogP) is 5.99. The van der Waals surface area contributed by atoms with Crippen molar-refractivity contribution in [1.29, 1.82) is 0 Å². The number of hydrogen-bond donors (Lipinski definition) is 0. The highest BCUT2D eigenvalue weighted by Gasteiger charge is 2.39. The van der Waals surface area contributed by atoms with Crippen molar-refractivity contribution in [2.45, 2.75) is 60.1 Å². The first-order chi connectivity index (χ1) is 15.9. The summed E-state index contributed by atoms with van der Waals surface area (Å²) in [5, 5.41) is 0. The fourth-order valence-electron chi connectivity index (χ4n) is 5.38. The Kier molecular flexibility index (Phi) is 5.80. The second kappa shape index (κ2) is 8.19. The average molecular weight is 515 g/mol. The molecule has 0 amide bonds. The van der Waals surface area contributed by atoms with Gasteiger partial charge in [-0.25, -0.2) is 0 Å². The lowest BCUT2D eigenvalue weighted by Crippen LogP contribution is -2.53. The Morgan fingerprint density at radius 2 is 1.00 bits per heavy atom. The van der Waals surface area contributed by atoms with Crippen LogP contribution in [0.5, 0.6) is 0 Å². The smallest absolute Gasteiger partial charge is 0.158 e. The van der Waals surface area contributed by atoms with Gasteiger partial charge in [-0.05, 0) is 73.7 Å². The largest absolute Gasteiger partial charge is 0.268 e. The summed E-state index contributed by atoms with van der Waals surface area (Å²) < 4.78 is 6.35. The standard InChI is InChI=1S/C29H35BS2Si2/c1-18-14-19(2)27(20(3)15-18)30-28-23(16-25(31-28)33(4,5)6)21-12-10-11-13-22(21)24-17-26(32-29(24)30)34(7,8)9/h10-17H,1-9H3. The van der Waals surface area contributed by atoms with E-state index in [0.717, 1.165) is 0 Å². The molecule has 5 heteroatoms. The molecule has 0 nitrogen and oxygen atoms in total. The first-order valence-electron chi connectivity index (χ1n) is 12.3. The Morgan fingerprint density at radius 1 is 0.588 bits per heavy atom. The van der Waals surface area contributed by atoms with E-state index >= 15 is 0 Å². The molecule has 3 heterocycles. The van der Waals surface area contributed by atoms with E-state index in [1.165, 1.54) is 44.4 Å². The van der Waals surface area contributed by atoms with Crippen LogP contribution >= 0.6 is 22.7 Å². The number of benzene rings is 2. The molecule has 0 aliphatic carbocycles. The maximum atomic E-state index is 2.56. The Labute approximate surface area is 216 Å². The minimum absolute atomic E-state index is 0.309. The van der Waals surface area contributed by atoms with Gasteiger partial charge in [0.05, 0.1) is 16.1 Å². The zero-order chi connectivity index (χ0) is 24.6. The fourth-order valence-corrected chi connectivity index (χ4v) is 11.8. The van der Waals surface area contributed by atoms with Gasteiger partial charge in [-0.3, -0.25) is 0 Å². The molecule has 2 aromatic heterocycles. The van der Waals surface area contributed by atoms with E-state index < -0.39 is 16.1 Å². The van der Waals surface area contributed by atoms with Crippen molar-refractivity contribution in [3.8, 4) is 22.3 Å². The van der Waals surface area contributed by atoms with Crippen LogP contribution in [0.3, 0.4) is 0 Å². The molecule has 1 aliphatic heterocycles. The molecule has 0 fully saturated rings. The molecule has 2 aromatic carbocycles. The van der Waals surface area contributed by atoms with Gasteiger partial charge < -0.3 is 0 Å². The van der Waals surface area contributed by atoms with Gasteiger partial charge in [-0.1, -0.05) is 97.8 Å². The second-order valence-electron chi connectivity index (χ2n) is 12.1. The predicted molar refractivity (Wildman–Crippen MR) is 164 cm³/mol. The van der Waals surface area contributed by atoms with Crippen LogP contribution in [0.25, 0.3) is 22.3 Å². The van der Waals surface area contributed by atoms with Crippen molar-refractivity contribution in [3.63, 3.8) is 0 Å². The summed E-state index contributed by atoms with van der Waals surface area (Å²) in [5.41, 5.74) is 11.5. The van der Waals surface area contributed by atoms with E-state index in [4.69, 9.17) is 0 Å². The summed E-state index contributed by atoms with van der Waals surface area (Å²) in [7, 11) is -2.88. The maximum absolute atomic E-state index is 2.56. The second-order valence-corrected chi connectivity index (χ2v) is 25.0. The lowest BCUT2D eigenvalue weighted by Gasteiger charge is -2.20. The van der Waals surface area contributed by atoms with Gasteiger partial charge in [-0.2, -0.15) is 22.7 Å². The first-order valence-corrected chi connectivity index (χ1v) is 21.0. The van der Waals surface area contributed by atoms with Gasteiger partial charge in [-0.15, -0.1) is 0 Å². The van der Waals surface area contributed by atoms with E-state index in [-0.39, 0.29) is 0 Å². The number of aryl methyl sites for hydroxylation is 3. The summed E-state index contributed by atoms with van der Waals surface area (Å²) in [5.74, 6) is 0. The molecule has 0 bridgehead atoms. The molecule has 0 N–H and O–H groups in total. The molecule has 0 spiro atoms. The molecule has 0 saturated carbocycles. The Hall–Kier alpha value is -1.66. The third kappa shape index (κ3) is 3.95. The van der Waals surface area contributed by atoms with E-state index in [2.05, 4.69) is 131 Å². The minimum Gasteiger partial charge on any atom is -0.158 e. The van der Waals surface area contributed by atoms with Crippen LogP contribution in [-0.4, -0.2) is 22.9 Å². The molecule has 0 unspecified atom stereocenters. The van der Waals surface area contributed by atoms with Crippen LogP contribution < -0.4 is 24.0 Å². The van der Waals surface area contributed by atoms with Crippen LogP contribution in [0.4, 0.5) is 0 Å². The summed E-state index contributed by atoms with van der Waals surface area (Å²) in [6.45, 7) is 22.1. The van der Waals surface area contributed by atoms with Crippen molar-refractivity contribution < 1.29 is 0 Å². The zero-order valence-electron chi connectivity index (χ0n) is 22.0. The summed E-state index contributed by atoms with van der Waals surface area (Å²) in [4.78, 5) is 0. The highest BCUT2D eigenvalue weighted by Crippen LogP contribution is 2.36.